The van der Waals surface area contributed by atoms with Crippen LogP contribution in [0, 0.1) is 10.1 Å². The summed E-state index contributed by atoms with van der Waals surface area (Å²) in [5, 5.41) is 17.5. The molecular formula is C18H23N3O4. The van der Waals surface area contributed by atoms with Crippen LogP contribution in [0.5, 0.6) is 0 Å². The van der Waals surface area contributed by atoms with E-state index in [9.17, 15) is 14.9 Å². The SMILES string of the molecule is CCOC(=O)C1=C(C)N(CC)N=C(CC)C1c1cccc([N+](=O)[O-])c1. The van der Waals surface area contributed by atoms with Gasteiger partial charge >= 0.3 is 5.97 Å². The number of hydrogen-bond acceptors (Lipinski definition) is 6. The zero-order valence-electron chi connectivity index (χ0n) is 15.0. The molecule has 1 atom stereocenters. The van der Waals surface area contributed by atoms with E-state index >= 15 is 0 Å². The molecule has 1 aliphatic heterocycles. The molecule has 0 N–H and O–H groups in total. The normalized spacial score (nSPS) is 17.4. The molecule has 0 spiro atoms. The van der Waals surface area contributed by atoms with Crippen molar-refractivity contribution >= 4 is 17.4 Å². The number of nitrogens with zero attached hydrogens (tertiary/aromatic N) is 3. The third-order valence-corrected chi connectivity index (χ3v) is 4.22. The number of allylic oxidation sites excluding steroid dienone is 1. The number of nitro benzene ring substituents is 1. The fraction of sp³-hybridized carbons (Fsp3) is 0.444. The second-order valence-electron chi connectivity index (χ2n) is 5.67. The first-order valence-electron chi connectivity index (χ1n) is 8.41. The number of benzene rings is 1. The molecule has 0 saturated heterocycles. The zero-order valence-corrected chi connectivity index (χ0v) is 15.0. The Balaban J connectivity index is 2.62. The molecule has 1 aromatic carbocycles. The predicted molar refractivity (Wildman–Crippen MR) is 95.3 cm³/mol. The lowest BCUT2D eigenvalue weighted by Crippen LogP contribution is -2.33. The number of carbonyl (C=O) groups is 1. The molecule has 0 amide bonds. The van der Waals surface area contributed by atoms with Gasteiger partial charge in [0.05, 0.1) is 28.7 Å². The number of esters is 1. The maximum atomic E-state index is 12.6. The van der Waals surface area contributed by atoms with Crippen LogP contribution in [0.25, 0.3) is 0 Å². The minimum absolute atomic E-state index is 0.00765. The van der Waals surface area contributed by atoms with Crippen LogP contribution in [0.3, 0.4) is 0 Å². The standard InChI is InChI=1S/C18H23N3O4/c1-5-15-17(13-9-8-10-14(11-13)21(23)24)16(18(22)25-7-3)12(4)20(6-2)19-15/h8-11,17H,5-7H2,1-4H3. The summed E-state index contributed by atoms with van der Waals surface area (Å²) in [6.45, 7) is 8.39. The van der Waals surface area contributed by atoms with Gasteiger partial charge in [0.1, 0.15) is 0 Å². The molecule has 0 radical (unpaired) electrons. The first kappa shape index (κ1) is 18.6. The summed E-state index contributed by atoms with van der Waals surface area (Å²) in [5.41, 5.74) is 2.67. The highest BCUT2D eigenvalue weighted by atomic mass is 16.6. The zero-order chi connectivity index (χ0) is 18.6. The van der Waals surface area contributed by atoms with Gasteiger partial charge in [-0.3, -0.25) is 15.1 Å². The van der Waals surface area contributed by atoms with Crippen molar-refractivity contribution in [2.75, 3.05) is 13.2 Å². The van der Waals surface area contributed by atoms with E-state index in [1.54, 1.807) is 24.1 Å². The molecule has 134 valence electrons. The highest BCUT2D eigenvalue weighted by Gasteiger charge is 2.35. The Kier molecular flexibility index (Phi) is 5.90. The maximum absolute atomic E-state index is 12.6. The van der Waals surface area contributed by atoms with E-state index in [2.05, 4.69) is 5.10 Å². The van der Waals surface area contributed by atoms with Crippen molar-refractivity contribution in [2.24, 2.45) is 5.10 Å². The van der Waals surface area contributed by atoms with E-state index in [1.807, 2.05) is 20.8 Å². The number of hydrazone groups is 1. The average molecular weight is 345 g/mol. The van der Waals surface area contributed by atoms with Gasteiger partial charge in [-0.1, -0.05) is 19.1 Å². The third kappa shape index (κ3) is 3.70. The van der Waals surface area contributed by atoms with Crippen LogP contribution in [0.2, 0.25) is 0 Å². The molecule has 0 aliphatic carbocycles. The fourth-order valence-electron chi connectivity index (χ4n) is 3.04. The number of nitro groups is 1. The largest absolute Gasteiger partial charge is 0.463 e. The number of non-ortho nitro benzene ring substituents is 1. The molecule has 7 nitrogen and oxygen atoms in total. The van der Waals surface area contributed by atoms with Gasteiger partial charge in [-0.25, -0.2) is 4.79 Å². The van der Waals surface area contributed by atoms with Crippen molar-refractivity contribution in [2.45, 2.75) is 40.0 Å². The molecule has 0 fully saturated rings. The van der Waals surface area contributed by atoms with Crippen LogP contribution in [-0.2, 0) is 9.53 Å². The summed E-state index contributed by atoms with van der Waals surface area (Å²) < 4.78 is 5.25. The van der Waals surface area contributed by atoms with E-state index in [-0.39, 0.29) is 12.3 Å². The van der Waals surface area contributed by atoms with Crippen LogP contribution in [-0.4, -0.2) is 34.8 Å². The predicted octanol–water partition coefficient (Wildman–Crippen LogP) is 3.62. The molecule has 25 heavy (non-hydrogen) atoms. The van der Waals surface area contributed by atoms with Crippen molar-refractivity contribution in [1.82, 2.24) is 5.01 Å². The third-order valence-electron chi connectivity index (χ3n) is 4.22. The van der Waals surface area contributed by atoms with Crippen LogP contribution < -0.4 is 0 Å². The van der Waals surface area contributed by atoms with E-state index in [0.717, 1.165) is 11.4 Å². The highest BCUT2D eigenvalue weighted by Crippen LogP contribution is 2.36. The van der Waals surface area contributed by atoms with Gasteiger partial charge in [0.25, 0.3) is 5.69 Å². The molecule has 1 aliphatic rings. The molecule has 0 bridgehead atoms. The summed E-state index contributed by atoms with van der Waals surface area (Å²) in [7, 11) is 0. The van der Waals surface area contributed by atoms with E-state index in [0.29, 0.717) is 24.1 Å². The number of hydrogen-bond donors (Lipinski definition) is 0. The van der Waals surface area contributed by atoms with E-state index in [1.165, 1.54) is 12.1 Å². The van der Waals surface area contributed by atoms with Gasteiger partial charge in [0.15, 0.2) is 0 Å². The summed E-state index contributed by atoms with van der Waals surface area (Å²) in [5.74, 6) is -0.845. The second-order valence-corrected chi connectivity index (χ2v) is 5.67. The van der Waals surface area contributed by atoms with Crippen LogP contribution >= 0.6 is 0 Å². The Morgan fingerprint density at radius 2 is 2.08 bits per heavy atom. The summed E-state index contributed by atoms with van der Waals surface area (Å²) in [6.07, 6.45) is 0.625. The topological polar surface area (TPSA) is 85.0 Å². The number of ether oxygens (including phenoxy) is 1. The Morgan fingerprint density at radius 3 is 2.64 bits per heavy atom. The maximum Gasteiger partial charge on any atom is 0.336 e. The molecule has 2 rings (SSSR count). The molecule has 0 saturated carbocycles. The lowest BCUT2D eigenvalue weighted by Gasteiger charge is -2.32. The van der Waals surface area contributed by atoms with Crippen LogP contribution in [0.4, 0.5) is 5.69 Å². The van der Waals surface area contributed by atoms with Crippen molar-refractivity contribution < 1.29 is 14.5 Å². The number of rotatable bonds is 6. The lowest BCUT2D eigenvalue weighted by molar-refractivity contribution is -0.384. The van der Waals surface area contributed by atoms with Crippen molar-refractivity contribution in [3.8, 4) is 0 Å². The molecular weight excluding hydrogens is 322 g/mol. The molecule has 0 aromatic heterocycles. The van der Waals surface area contributed by atoms with Gasteiger partial charge in [-0.2, -0.15) is 5.10 Å². The smallest absolute Gasteiger partial charge is 0.336 e. The first-order chi connectivity index (χ1) is 11.9. The summed E-state index contributed by atoms with van der Waals surface area (Å²) in [4.78, 5) is 23.3. The summed E-state index contributed by atoms with van der Waals surface area (Å²) in [6, 6.07) is 6.36. The van der Waals surface area contributed by atoms with Gasteiger partial charge in [0, 0.05) is 24.4 Å². The summed E-state index contributed by atoms with van der Waals surface area (Å²) >= 11 is 0. The highest BCUT2D eigenvalue weighted by molar-refractivity contribution is 6.04. The first-order valence-corrected chi connectivity index (χ1v) is 8.41. The van der Waals surface area contributed by atoms with Gasteiger partial charge in [-0.15, -0.1) is 0 Å². The van der Waals surface area contributed by atoms with Crippen molar-refractivity contribution in [3.05, 3.63) is 51.2 Å². The average Bonchev–Trinajstić information content (AvgIpc) is 2.61. The van der Waals surface area contributed by atoms with Crippen molar-refractivity contribution in [3.63, 3.8) is 0 Å². The van der Waals surface area contributed by atoms with E-state index < -0.39 is 16.8 Å². The Bertz CT molecular complexity index is 740. The molecule has 7 heteroatoms. The minimum Gasteiger partial charge on any atom is -0.463 e. The van der Waals surface area contributed by atoms with E-state index in [4.69, 9.17) is 4.74 Å². The lowest BCUT2D eigenvalue weighted by atomic mass is 9.83. The fourth-order valence-corrected chi connectivity index (χ4v) is 3.04. The number of carbonyl (C=O) groups excluding carboxylic acids is 1. The van der Waals surface area contributed by atoms with Crippen LogP contribution in [0.15, 0.2) is 40.6 Å². The van der Waals surface area contributed by atoms with Crippen LogP contribution in [0.1, 0.15) is 45.6 Å². The van der Waals surface area contributed by atoms with Crippen molar-refractivity contribution in [1.29, 1.82) is 0 Å². The Labute approximate surface area is 147 Å². The monoisotopic (exact) mass is 345 g/mol. The molecule has 1 unspecified atom stereocenters. The quantitative estimate of drug-likeness (QED) is 0.446. The Morgan fingerprint density at radius 1 is 1.36 bits per heavy atom. The van der Waals surface area contributed by atoms with Gasteiger partial charge in [-0.05, 0) is 32.8 Å². The van der Waals surface area contributed by atoms with Gasteiger partial charge in [0.2, 0.25) is 0 Å². The second kappa shape index (κ2) is 7.92. The van der Waals surface area contributed by atoms with Gasteiger partial charge < -0.3 is 4.74 Å². The minimum atomic E-state index is -0.438. The Hall–Kier alpha value is -2.70. The molecule has 1 aromatic rings. The molecule has 1 heterocycles.